The first-order valence-corrected chi connectivity index (χ1v) is 11.0. The van der Waals surface area contributed by atoms with Crippen LogP contribution < -0.4 is 4.90 Å². The van der Waals surface area contributed by atoms with Crippen LogP contribution in [0, 0.1) is 6.92 Å². The van der Waals surface area contributed by atoms with Gasteiger partial charge in [-0.15, -0.1) is 0 Å². The fourth-order valence-corrected chi connectivity index (χ4v) is 4.05. The number of hydrogen-bond donors (Lipinski definition) is 0. The summed E-state index contributed by atoms with van der Waals surface area (Å²) in [4.78, 5) is 17.4. The largest absolute Gasteiger partial charge is 0.369 e. The molecule has 6 heteroatoms. The molecule has 0 amide bonds. The van der Waals surface area contributed by atoms with Gasteiger partial charge in [-0.25, -0.2) is 4.68 Å². The van der Waals surface area contributed by atoms with Crippen LogP contribution in [0.1, 0.15) is 21.7 Å². The summed E-state index contributed by atoms with van der Waals surface area (Å²) in [6.07, 6.45) is 4.23. The second-order valence-corrected chi connectivity index (χ2v) is 8.27. The average molecular weight is 435 g/mol. The highest BCUT2D eigenvalue weighted by Crippen LogP contribution is 2.21. The molecular weight excluding hydrogens is 408 g/mol. The van der Waals surface area contributed by atoms with Gasteiger partial charge in [-0.05, 0) is 42.8 Å². The lowest BCUT2D eigenvalue weighted by atomic mass is 10.2. The van der Waals surface area contributed by atoms with Crippen LogP contribution in [0.5, 0.6) is 0 Å². The number of carbonyl (C=O) groups excluding carboxylic acids is 1. The summed E-state index contributed by atoms with van der Waals surface area (Å²) >= 11 is 6.12. The molecule has 1 aliphatic heterocycles. The quantitative estimate of drug-likeness (QED) is 0.533. The van der Waals surface area contributed by atoms with Crippen LogP contribution in [-0.2, 0) is 6.42 Å². The zero-order chi connectivity index (χ0) is 21.6. The minimum atomic E-state index is -0.122. The average Bonchev–Trinajstić information content (AvgIpc) is 3.18. The standard InChI is InChI=1S/C25H27ClN4O/c1-20-18-23(27-30(20)25(31)11-10-21-6-3-2-4-7-21)12-13-28-14-16-29(17-15-28)24-9-5-8-22(26)19-24/h2-11,18-19H,12-17H2,1H3. The molecule has 5 nitrogen and oxygen atoms in total. The second-order valence-electron chi connectivity index (χ2n) is 7.83. The van der Waals surface area contributed by atoms with Crippen LogP contribution in [0.4, 0.5) is 5.69 Å². The van der Waals surface area contributed by atoms with E-state index in [4.69, 9.17) is 11.6 Å². The number of rotatable bonds is 6. The van der Waals surface area contributed by atoms with Gasteiger partial charge in [0.25, 0.3) is 5.91 Å². The molecule has 160 valence electrons. The zero-order valence-electron chi connectivity index (χ0n) is 17.7. The number of hydrogen-bond acceptors (Lipinski definition) is 4. The van der Waals surface area contributed by atoms with Crippen molar-refractivity contribution in [2.24, 2.45) is 0 Å². The summed E-state index contributed by atoms with van der Waals surface area (Å²) in [6, 6.07) is 19.9. The molecule has 2 heterocycles. The van der Waals surface area contributed by atoms with E-state index in [1.54, 1.807) is 6.08 Å². The summed E-state index contributed by atoms with van der Waals surface area (Å²) in [5, 5.41) is 5.32. The normalized spacial score (nSPS) is 15.0. The number of nitrogens with zero attached hydrogens (tertiary/aromatic N) is 4. The van der Waals surface area contributed by atoms with E-state index in [0.717, 1.165) is 61.1 Å². The summed E-state index contributed by atoms with van der Waals surface area (Å²) in [6.45, 7) is 6.84. The molecule has 1 saturated heterocycles. The van der Waals surface area contributed by atoms with E-state index < -0.39 is 0 Å². The van der Waals surface area contributed by atoms with Crippen molar-refractivity contribution in [2.75, 3.05) is 37.6 Å². The first kappa shape index (κ1) is 21.3. The van der Waals surface area contributed by atoms with Crippen molar-refractivity contribution in [2.45, 2.75) is 13.3 Å². The third-order valence-corrected chi connectivity index (χ3v) is 5.83. The van der Waals surface area contributed by atoms with E-state index in [-0.39, 0.29) is 5.91 Å². The Hall–Kier alpha value is -2.89. The Morgan fingerprint density at radius 2 is 1.81 bits per heavy atom. The van der Waals surface area contributed by atoms with E-state index >= 15 is 0 Å². The van der Waals surface area contributed by atoms with E-state index in [2.05, 4.69) is 21.0 Å². The van der Waals surface area contributed by atoms with Crippen LogP contribution in [0.3, 0.4) is 0 Å². The predicted molar refractivity (Wildman–Crippen MR) is 127 cm³/mol. The van der Waals surface area contributed by atoms with Crippen LogP contribution >= 0.6 is 11.6 Å². The number of aromatic nitrogens is 2. The van der Waals surface area contributed by atoms with Gasteiger partial charge in [0.05, 0.1) is 5.69 Å². The minimum Gasteiger partial charge on any atom is -0.369 e. The molecule has 0 N–H and O–H groups in total. The topological polar surface area (TPSA) is 41.4 Å². The maximum absolute atomic E-state index is 12.5. The van der Waals surface area contributed by atoms with Gasteiger partial charge in [0, 0.05) is 61.6 Å². The molecule has 0 bridgehead atoms. The highest BCUT2D eigenvalue weighted by atomic mass is 35.5. The van der Waals surface area contributed by atoms with Crippen LogP contribution in [0.2, 0.25) is 5.02 Å². The van der Waals surface area contributed by atoms with Gasteiger partial charge < -0.3 is 4.90 Å². The fourth-order valence-electron chi connectivity index (χ4n) is 3.86. The zero-order valence-corrected chi connectivity index (χ0v) is 18.5. The van der Waals surface area contributed by atoms with E-state index in [1.165, 1.54) is 10.4 Å². The number of allylic oxidation sites excluding steroid dienone is 1. The monoisotopic (exact) mass is 434 g/mol. The molecule has 0 aliphatic carbocycles. The lowest BCUT2D eigenvalue weighted by molar-refractivity contribution is 0.0952. The second kappa shape index (κ2) is 9.94. The molecule has 31 heavy (non-hydrogen) atoms. The van der Waals surface area contributed by atoms with Gasteiger partial charge in [-0.1, -0.05) is 48.0 Å². The molecule has 1 aromatic heterocycles. The van der Waals surface area contributed by atoms with Crippen LogP contribution in [0.25, 0.3) is 6.08 Å². The van der Waals surface area contributed by atoms with E-state index in [0.29, 0.717) is 0 Å². The number of anilines is 1. The van der Waals surface area contributed by atoms with E-state index in [9.17, 15) is 4.79 Å². The van der Waals surface area contributed by atoms with Crippen molar-refractivity contribution < 1.29 is 4.79 Å². The molecule has 3 aromatic rings. The predicted octanol–water partition coefficient (Wildman–Crippen LogP) is 4.56. The maximum atomic E-state index is 12.5. The Morgan fingerprint density at radius 1 is 1.03 bits per heavy atom. The van der Waals surface area contributed by atoms with Crippen molar-refractivity contribution in [1.82, 2.24) is 14.7 Å². The lowest BCUT2D eigenvalue weighted by Crippen LogP contribution is -2.47. The van der Waals surface area contributed by atoms with Crippen molar-refractivity contribution in [3.05, 3.63) is 88.7 Å². The molecule has 0 saturated carbocycles. The lowest BCUT2D eigenvalue weighted by Gasteiger charge is -2.36. The first-order valence-electron chi connectivity index (χ1n) is 10.6. The smallest absolute Gasteiger partial charge is 0.271 e. The number of aryl methyl sites for hydroxylation is 1. The van der Waals surface area contributed by atoms with Crippen molar-refractivity contribution >= 4 is 29.3 Å². The summed E-state index contributed by atoms with van der Waals surface area (Å²) in [5.74, 6) is -0.122. The van der Waals surface area contributed by atoms with Gasteiger partial charge in [-0.2, -0.15) is 5.10 Å². The van der Waals surface area contributed by atoms with Gasteiger partial charge >= 0.3 is 0 Å². The third-order valence-electron chi connectivity index (χ3n) is 5.59. The van der Waals surface area contributed by atoms with Crippen molar-refractivity contribution in [3.8, 4) is 0 Å². The Labute approximate surface area is 188 Å². The van der Waals surface area contributed by atoms with Crippen LogP contribution in [-0.4, -0.2) is 53.3 Å². The maximum Gasteiger partial charge on any atom is 0.271 e. The van der Waals surface area contributed by atoms with Gasteiger partial charge in [0.1, 0.15) is 0 Å². The van der Waals surface area contributed by atoms with Gasteiger partial charge in [0.15, 0.2) is 0 Å². The van der Waals surface area contributed by atoms with Gasteiger partial charge in [-0.3, -0.25) is 9.69 Å². The minimum absolute atomic E-state index is 0.122. The first-order chi connectivity index (χ1) is 15.1. The molecule has 1 aliphatic rings. The van der Waals surface area contributed by atoms with E-state index in [1.807, 2.05) is 67.6 Å². The number of carbonyl (C=O) groups is 1. The Bertz CT molecular complexity index is 1050. The Morgan fingerprint density at radius 3 is 2.55 bits per heavy atom. The summed E-state index contributed by atoms with van der Waals surface area (Å²) in [5.41, 5.74) is 4.00. The number of halogens is 1. The number of piperazine rings is 1. The highest BCUT2D eigenvalue weighted by molar-refractivity contribution is 6.30. The Balaban J connectivity index is 1.29. The van der Waals surface area contributed by atoms with Crippen molar-refractivity contribution in [1.29, 1.82) is 0 Å². The van der Waals surface area contributed by atoms with Crippen molar-refractivity contribution in [3.63, 3.8) is 0 Å². The summed E-state index contributed by atoms with van der Waals surface area (Å²) in [7, 11) is 0. The van der Waals surface area contributed by atoms with Gasteiger partial charge in [0.2, 0.25) is 0 Å². The molecule has 4 rings (SSSR count). The SMILES string of the molecule is Cc1cc(CCN2CCN(c3cccc(Cl)c3)CC2)nn1C(=O)C=Cc1ccccc1. The molecule has 0 spiro atoms. The molecular formula is C25H27ClN4O. The Kier molecular flexibility index (Phi) is 6.85. The fraction of sp³-hybridized carbons (Fsp3) is 0.280. The molecule has 0 unspecified atom stereocenters. The third kappa shape index (κ3) is 5.63. The molecule has 0 radical (unpaired) electrons. The molecule has 1 fully saturated rings. The molecule has 2 aromatic carbocycles. The number of benzene rings is 2. The highest BCUT2D eigenvalue weighted by Gasteiger charge is 2.18. The summed E-state index contributed by atoms with van der Waals surface area (Å²) < 4.78 is 1.49. The molecule has 0 atom stereocenters. The van der Waals surface area contributed by atoms with Crippen LogP contribution in [0.15, 0.2) is 66.7 Å².